The minimum absolute atomic E-state index is 0.0193. The Labute approximate surface area is 100 Å². The van der Waals surface area contributed by atoms with Crippen molar-refractivity contribution in [2.45, 2.75) is 33.1 Å². The number of unbranched alkanes of at least 4 members (excludes halogenated alkanes) is 2. The molecule has 0 unspecified atom stereocenters. The van der Waals surface area contributed by atoms with Gasteiger partial charge >= 0.3 is 0 Å². The molecule has 0 radical (unpaired) electrons. The molecule has 0 saturated heterocycles. The second kappa shape index (κ2) is 6.66. The van der Waals surface area contributed by atoms with Gasteiger partial charge in [-0.1, -0.05) is 0 Å². The van der Waals surface area contributed by atoms with Crippen LogP contribution in [0.3, 0.4) is 0 Å². The van der Waals surface area contributed by atoms with Gasteiger partial charge < -0.3 is 10.4 Å². The van der Waals surface area contributed by atoms with Gasteiger partial charge in [-0.3, -0.25) is 4.79 Å². The maximum absolute atomic E-state index is 11.8. The molecule has 1 aromatic heterocycles. The Morgan fingerprint density at radius 3 is 2.69 bits per heavy atom. The van der Waals surface area contributed by atoms with E-state index in [0.717, 1.165) is 29.7 Å². The Morgan fingerprint density at radius 1 is 1.38 bits per heavy atom. The Kier molecular flexibility index (Phi) is 5.49. The van der Waals surface area contributed by atoms with Gasteiger partial charge in [0.15, 0.2) is 0 Å². The number of aryl methyl sites for hydroxylation is 2. The van der Waals surface area contributed by atoms with Gasteiger partial charge in [-0.25, -0.2) is 0 Å². The second-order valence-electron chi connectivity index (χ2n) is 3.87. The van der Waals surface area contributed by atoms with Crippen molar-refractivity contribution >= 4 is 17.2 Å². The van der Waals surface area contributed by atoms with E-state index < -0.39 is 0 Å². The fourth-order valence-electron chi connectivity index (χ4n) is 1.57. The Morgan fingerprint density at radius 2 is 2.12 bits per heavy atom. The molecule has 1 rings (SSSR count). The summed E-state index contributed by atoms with van der Waals surface area (Å²) in [5.74, 6) is 0.0193. The molecule has 2 N–H and O–H groups in total. The summed E-state index contributed by atoms with van der Waals surface area (Å²) in [7, 11) is 0. The predicted molar refractivity (Wildman–Crippen MR) is 67.1 cm³/mol. The van der Waals surface area contributed by atoms with Gasteiger partial charge in [0, 0.05) is 22.9 Å². The largest absolute Gasteiger partial charge is 0.396 e. The lowest BCUT2D eigenvalue weighted by molar-refractivity contribution is 0.0952. The van der Waals surface area contributed by atoms with Crippen LogP contribution in [-0.2, 0) is 0 Å². The van der Waals surface area contributed by atoms with Gasteiger partial charge in [0.05, 0.1) is 5.56 Å². The van der Waals surface area contributed by atoms with Gasteiger partial charge in [0.25, 0.3) is 5.91 Å². The van der Waals surface area contributed by atoms with Gasteiger partial charge in [-0.15, -0.1) is 11.3 Å². The van der Waals surface area contributed by atoms with Crippen molar-refractivity contribution in [3.63, 3.8) is 0 Å². The highest BCUT2D eigenvalue weighted by atomic mass is 32.1. The number of amides is 1. The standard InChI is InChI=1S/C12H19NO2S/c1-9-8-11(10(2)16-9)12(15)13-6-4-3-5-7-14/h8,14H,3-7H2,1-2H3,(H,13,15). The van der Waals surface area contributed by atoms with Crippen LogP contribution in [0, 0.1) is 13.8 Å². The van der Waals surface area contributed by atoms with E-state index in [1.165, 1.54) is 4.88 Å². The number of rotatable bonds is 6. The summed E-state index contributed by atoms with van der Waals surface area (Å²) in [6.07, 6.45) is 2.69. The number of carbonyl (C=O) groups excluding carboxylic acids is 1. The molecule has 1 aromatic rings. The zero-order valence-electron chi connectivity index (χ0n) is 9.88. The van der Waals surface area contributed by atoms with Gasteiger partial charge in [0.1, 0.15) is 0 Å². The average Bonchev–Trinajstić information content (AvgIpc) is 2.57. The zero-order valence-corrected chi connectivity index (χ0v) is 10.7. The third-order valence-electron chi connectivity index (χ3n) is 2.41. The molecule has 90 valence electrons. The van der Waals surface area contributed by atoms with E-state index in [1.807, 2.05) is 19.9 Å². The van der Waals surface area contributed by atoms with Crippen LogP contribution < -0.4 is 5.32 Å². The van der Waals surface area contributed by atoms with E-state index >= 15 is 0 Å². The minimum atomic E-state index is 0.0193. The van der Waals surface area contributed by atoms with E-state index in [9.17, 15) is 4.79 Å². The fourth-order valence-corrected chi connectivity index (χ4v) is 2.49. The number of thiophene rings is 1. The second-order valence-corrected chi connectivity index (χ2v) is 5.33. The third kappa shape index (κ3) is 3.94. The molecule has 1 heterocycles. The molecule has 3 nitrogen and oxygen atoms in total. The molecule has 0 atom stereocenters. The van der Waals surface area contributed by atoms with Crippen molar-refractivity contribution in [2.75, 3.05) is 13.2 Å². The van der Waals surface area contributed by atoms with Crippen LogP contribution in [0.2, 0.25) is 0 Å². The highest BCUT2D eigenvalue weighted by Crippen LogP contribution is 2.20. The maximum atomic E-state index is 11.8. The molecule has 16 heavy (non-hydrogen) atoms. The average molecular weight is 241 g/mol. The molecule has 0 fully saturated rings. The summed E-state index contributed by atoms with van der Waals surface area (Å²) in [6, 6.07) is 1.93. The Hall–Kier alpha value is -0.870. The first kappa shape index (κ1) is 13.2. The van der Waals surface area contributed by atoms with Crippen molar-refractivity contribution in [1.82, 2.24) is 5.32 Å². The molecule has 0 saturated carbocycles. The summed E-state index contributed by atoms with van der Waals surface area (Å²) < 4.78 is 0. The zero-order chi connectivity index (χ0) is 12.0. The molecule has 0 aliphatic carbocycles. The van der Waals surface area contributed by atoms with Crippen molar-refractivity contribution < 1.29 is 9.90 Å². The van der Waals surface area contributed by atoms with Crippen molar-refractivity contribution in [3.05, 3.63) is 21.4 Å². The fraction of sp³-hybridized carbons (Fsp3) is 0.583. The van der Waals surface area contributed by atoms with Crippen molar-refractivity contribution in [2.24, 2.45) is 0 Å². The number of carbonyl (C=O) groups is 1. The highest BCUT2D eigenvalue weighted by Gasteiger charge is 2.10. The van der Waals surface area contributed by atoms with Gasteiger partial charge in [0.2, 0.25) is 0 Å². The first-order chi connectivity index (χ1) is 7.65. The predicted octanol–water partition coefficient (Wildman–Crippen LogP) is 2.26. The number of aliphatic hydroxyl groups excluding tert-OH is 1. The topological polar surface area (TPSA) is 49.3 Å². The lowest BCUT2D eigenvalue weighted by Crippen LogP contribution is -2.24. The lowest BCUT2D eigenvalue weighted by atomic mass is 10.2. The summed E-state index contributed by atoms with van der Waals surface area (Å²) in [5.41, 5.74) is 0.796. The maximum Gasteiger partial charge on any atom is 0.252 e. The van der Waals surface area contributed by atoms with Crippen molar-refractivity contribution in [1.29, 1.82) is 0 Å². The molecule has 0 aliphatic rings. The van der Waals surface area contributed by atoms with Crippen LogP contribution >= 0.6 is 11.3 Å². The van der Waals surface area contributed by atoms with Crippen LogP contribution in [0.1, 0.15) is 39.4 Å². The van der Waals surface area contributed by atoms with Crippen molar-refractivity contribution in [3.8, 4) is 0 Å². The quantitative estimate of drug-likeness (QED) is 0.751. The summed E-state index contributed by atoms with van der Waals surface area (Å²) in [6.45, 7) is 4.90. The van der Waals surface area contributed by atoms with Gasteiger partial charge in [-0.2, -0.15) is 0 Å². The molecule has 0 bridgehead atoms. The van der Waals surface area contributed by atoms with Gasteiger partial charge in [-0.05, 0) is 39.2 Å². The number of nitrogens with one attached hydrogen (secondary N) is 1. The van der Waals surface area contributed by atoms with E-state index in [-0.39, 0.29) is 12.5 Å². The van der Waals surface area contributed by atoms with Crippen LogP contribution in [0.5, 0.6) is 0 Å². The number of hydrogen-bond acceptors (Lipinski definition) is 3. The molecule has 4 heteroatoms. The molecule has 0 aliphatic heterocycles. The molecular formula is C12H19NO2S. The van der Waals surface area contributed by atoms with E-state index in [0.29, 0.717) is 6.54 Å². The number of aliphatic hydroxyl groups is 1. The Balaban J connectivity index is 2.33. The minimum Gasteiger partial charge on any atom is -0.396 e. The van der Waals surface area contributed by atoms with E-state index in [2.05, 4.69) is 5.32 Å². The molecule has 0 spiro atoms. The first-order valence-corrected chi connectivity index (χ1v) is 6.43. The van der Waals surface area contributed by atoms with E-state index in [1.54, 1.807) is 11.3 Å². The van der Waals surface area contributed by atoms with E-state index in [4.69, 9.17) is 5.11 Å². The molecule has 1 amide bonds. The van der Waals surface area contributed by atoms with Crippen LogP contribution in [0.4, 0.5) is 0 Å². The lowest BCUT2D eigenvalue weighted by Gasteiger charge is -2.03. The van der Waals surface area contributed by atoms with Crippen LogP contribution in [0.25, 0.3) is 0 Å². The smallest absolute Gasteiger partial charge is 0.252 e. The summed E-state index contributed by atoms with van der Waals surface area (Å²) in [5, 5.41) is 11.5. The third-order valence-corrected chi connectivity index (χ3v) is 3.37. The summed E-state index contributed by atoms with van der Waals surface area (Å²) in [4.78, 5) is 14.0. The highest BCUT2D eigenvalue weighted by molar-refractivity contribution is 7.12. The van der Waals surface area contributed by atoms with Crippen LogP contribution in [0.15, 0.2) is 6.07 Å². The Bertz CT molecular complexity index is 347. The van der Waals surface area contributed by atoms with Crippen LogP contribution in [-0.4, -0.2) is 24.2 Å². The normalized spacial score (nSPS) is 10.4. The summed E-state index contributed by atoms with van der Waals surface area (Å²) >= 11 is 1.65. The number of hydrogen-bond donors (Lipinski definition) is 2. The molecular weight excluding hydrogens is 222 g/mol. The monoisotopic (exact) mass is 241 g/mol. The molecule has 0 aromatic carbocycles. The first-order valence-electron chi connectivity index (χ1n) is 5.61. The SMILES string of the molecule is Cc1cc(C(=O)NCCCCCO)c(C)s1.